The van der Waals surface area contributed by atoms with E-state index >= 15 is 0 Å². The van der Waals surface area contributed by atoms with E-state index in [9.17, 15) is 4.79 Å². The van der Waals surface area contributed by atoms with Crippen molar-refractivity contribution in [3.8, 4) is 5.75 Å². The molecule has 1 aliphatic rings. The third-order valence-electron chi connectivity index (χ3n) is 7.02. The lowest BCUT2D eigenvalue weighted by Gasteiger charge is -2.16. The lowest BCUT2D eigenvalue weighted by atomic mass is 10.1. The number of carbonyl (C=O) groups excluding carboxylic acids is 1. The second-order valence-electron chi connectivity index (χ2n) is 9.52. The number of hydrogen-bond acceptors (Lipinski definition) is 8. The van der Waals surface area contributed by atoms with Crippen molar-refractivity contribution in [1.82, 2.24) is 29.4 Å². The zero-order chi connectivity index (χ0) is 26.6. The van der Waals surface area contributed by atoms with Gasteiger partial charge >= 0.3 is 0 Å². The molecule has 1 saturated heterocycles. The predicted molar refractivity (Wildman–Crippen MR) is 151 cm³/mol. The molecule has 3 aromatic heterocycles. The van der Waals surface area contributed by atoms with Crippen LogP contribution in [0.15, 0.2) is 67.1 Å². The fourth-order valence-electron chi connectivity index (χ4n) is 4.90. The highest BCUT2D eigenvalue weighted by molar-refractivity contribution is 5.93. The van der Waals surface area contributed by atoms with Crippen LogP contribution >= 0.6 is 0 Å². The van der Waals surface area contributed by atoms with Gasteiger partial charge in [-0.1, -0.05) is 36.4 Å². The van der Waals surface area contributed by atoms with Crippen molar-refractivity contribution < 1.29 is 9.53 Å². The lowest BCUT2D eigenvalue weighted by Crippen LogP contribution is -2.28. The van der Waals surface area contributed by atoms with Crippen LogP contribution in [0.2, 0.25) is 0 Å². The van der Waals surface area contributed by atoms with E-state index in [1.54, 1.807) is 19.6 Å². The quantitative estimate of drug-likeness (QED) is 0.278. The number of nitrogens with zero attached hydrogens (tertiary/aromatic N) is 6. The normalized spacial score (nSPS) is 13.4. The molecular formula is C29H30N8O2. The largest absolute Gasteiger partial charge is 0.497 e. The number of likely N-dealkylation sites (tertiary alicyclic amines) is 1. The van der Waals surface area contributed by atoms with Gasteiger partial charge in [0.2, 0.25) is 11.9 Å². The van der Waals surface area contributed by atoms with Crippen molar-refractivity contribution in [2.45, 2.75) is 25.8 Å². The Kier molecular flexibility index (Phi) is 6.90. The highest BCUT2D eigenvalue weighted by Gasteiger charge is 2.21. The molecule has 2 N–H and O–H groups in total. The zero-order valence-electron chi connectivity index (χ0n) is 21.8. The number of rotatable bonds is 10. The number of hydrogen-bond donors (Lipinski definition) is 2. The monoisotopic (exact) mass is 522 g/mol. The number of methoxy groups -OCH3 is 1. The van der Waals surface area contributed by atoms with E-state index in [2.05, 4.69) is 32.7 Å². The number of fused-ring (bicyclic) bond motifs is 2. The van der Waals surface area contributed by atoms with Crippen molar-refractivity contribution in [2.75, 3.05) is 37.4 Å². The SMILES string of the molecule is COc1ccc(CCNc2nc(Nc3nccc4ccccc34)nc3c2ncn3CCN2CCCC2=O)cc1. The summed E-state index contributed by atoms with van der Waals surface area (Å²) in [5, 5.41) is 8.85. The Labute approximate surface area is 226 Å². The lowest BCUT2D eigenvalue weighted by molar-refractivity contribution is -0.127. The first-order valence-electron chi connectivity index (χ1n) is 13.2. The molecule has 1 fully saturated rings. The van der Waals surface area contributed by atoms with Gasteiger partial charge in [0, 0.05) is 44.2 Å². The molecule has 0 aliphatic carbocycles. The molecule has 0 radical (unpaired) electrons. The molecule has 1 aliphatic heterocycles. The van der Waals surface area contributed by atoms with E-state index in [0.29, 0.717) is 54.8 Å². The van der Waals surface area contributed by atoms with E-state index in [1.165, 1.54) is 5.56 Å². The summed E-state index contributed by atoms with van der Waals surface area (Å²) in [5.74, 6) is 2.80. The van der Waals surface area contributed by atoms with Crippen LogP contribution in [0.1, 0.15) is 18.4 Å². The van der Waals surface area contributed by atoms with E-state index in [1.807, 2.05) is 51.9 Å². The van der Waals surface area contributed by atoms with Crippen molar-refractivity contribution in [3.05, 3.63) is 72.7 Å². The zero-order valence-corrected chi connectivity index (χ0v) is 21.8. The molecule has 2 aromatic carbocycles. The first kappa shape index (κ1) is 24.6. The van der Waals surface area contributed by atoms with Crippen LogP contribution in [0.3, 0.4) is 0 Å². The maximum atomic E-state index is 12.1. The molecule has 0 spiro atoms. The Morgan fingerprint density at radius 1 is 0.974 bits per heavy atom. The molecule has 0 unspecified atom stereocenters. The van der Waals surface area contributed by atoms with Gasteiger partial charge in [0.1, 0.15) is 11.6 Å². The van der Waals surface area contributed by atoms with E-state index in [-0.39, 0.29) is 5.91 Å². The second kappa shape index (κ2) is 10.9. The Balaban J connectivity index is 1.29. The van der Waals surface area contributed by atoms with Crippen LogP contribution in [0.5, 0.6) is 5.75 Å². The minimum absolute atomic E-state index is 0.208. The van der Waals surface area contributed by atoms with Gasteiger partial charge in [-0.15, -0.1) is 0 Å². The van der Waals surface area contributed by atoms with E-state index in [0.717, 1.165) is 35.9 Å². The molecule has 39 heavy (non-hydrogen) atoms. The molecule has 10 heteroatoms. The summed E-state index contributed by atoms with van der Waals surface area (Å²) < 4.78 is 7.25. The number of ether oxygens (including phenoxy) is 1. The van der Waals surface area contributed by atoms with Gasteiger partial charge in [0.25, 0.3) is 0 Å². The van der Waals surface area contributed by atoms with Crippen LogP contribution in [-0.4, -0.2) is 62.1 Å². The average molecular weight is 523 g/mol. The third-order valence-corrected chi connectivity index (χ3v) is 7.02. The van der Waals surface area contributed by atoms with Gasteiger partial charge in [-0.2, -0.15) is 9.97 Å². The number of benzene rings is 2. The molecular weight excluding hydrogens is 492 g/mol. The molecule has 0 bridgehead atoms. The molecule has 198 valence electrons. The molecule has 4 heterocycles. The average Bonchev–Trinajstić information content (AvgIpc) is 3.58. The molecule has 10 nitrogen and oxygen atoms in total. The Hall–Kier alpha value is -4.73. The van der Waals surface area contributed by atoms with Gasteiger partial charge in [0.15, 0.2) is 17.0 Å². The highest BCUT2D eigenvalue weighted by atomic mass is 16.5. The summed E-state index contributed by atoms with van der Waals surface area (Å²) in [5.41, 5.74) is 2.58. The first-order chi connectivity index (χ1) is 19.2. The number of nitrogens with one attached hydrogen (secondary N) is 2. The van der Waals surface area contributed by atoms with E-state index < -0.39 is 0 Å². The minimum Gasteiger partial charge on any atom is -0.497 e. The molecule has 5 aromatic rings. The number of imidazole rings is 1. The highest BCUT2D eigenvalue weighted by Crippen LogP contribution is 2.26. The summed E-state index contributed by atoms with van der Waals surface area (Å²) in [6, 6.07) is 18.1. The van der Waals surface area contributed by atoms with Crippen molar-refractivity contribution >= 4 is 45.4 Å². The second-order valence-corrected chi connectivity index (χ2v) is 9.52. The summed E-state index contributed by atoms with van der Waals surface area (Å²) in [6.07, 6.45) is 5.89. The van der Waals surface area contributed by atoms with Crippen LogP contribution in [-0.2, 0) is 17.8 Å². The standard InChI is InChI=1S/C29H30N8O2/c1-39-22-10-8-20(9-11-22)12-14-31-27-25-28(37(19-32-25)18-17-36-16-4-7-24(36)38)35-29(34-27)33-26-23-6-3-2-5-21(23)13-15-30-26/h2-3,5-6,8-11,13,15,19H,4,7,12,14,16-18H2,1H3,(H2,30,31,33,34,35). The Bertz CT molecular complexity index is 1610. The molecule has 0 saturated carbocycles. The van der Waals surface area contributed by atoms with Crippen molar-refractivity contribution in [2.24, 2.45) is 0 Å². The molecule has 1 amide bonds. The fraction of sp³-hybridized carbons (Fsp3) is 0.276. The first-order valence-corrected chi connectivity index (χ1v) is 13.2. The van der Waals surface area contributed by atoms with Gasteiger partial charge in [-0.05, 0) is 42.0 Å². The van der Waals surface area contributed by atoms with Crippen LogP contribution in [0.4, 0.5) is 17.6 Å². The van der Waals surface area contributed by atoms with E-state index in [4.69, 9.17) is 14.7 Å². The maximum Gasteiger partial charge on any atom is 0.232 e. The van der Waals surface area contributed by atoms with Crippen molar-refractivity contribution in [1.29, 1.82) is 0 Å². The van der Waals surface area contributed by atoms with Crippen LogP contribution in [0.25, 0.3) is 21.9 Å². The van der Waals surface area contributed by atoms with Gasteiger partial charge in [0.05, 0.1) is 13.4 Å². The number of pyridine rings is 1. The van der Waals surface area contributed by atoms with Gasteiger partial charge in [-0.25, -0.2) is 9.97 Å². The number of amides is 1. The van der Waals surface area contributed by atoms with Crippen LogP contribution < -0.4 is 15.4 Å². The predicted octanol–water partition coefficient (Wildman–Crippen LogP) is 4.40. The molecule has 6 rings (SSSR count). The molecule has 0 atom stereocenters. The van der Waals surface area contributed by atoms with Crippen molar-refractivity contribution in [3.63, 3.8) is 0 Å². The summed E-state index contributed by atoms with van der Waals surface area (Å²) in [4.78, 5) is 32.8. The number of carbonyl (C=O) groups is 1. The topological polar surface area (TPSA) is 110 Å². The summed E-state index contributed by atoms with van der Waals surface area (Å²) >= 11 is 0. The summed E-state index contributed by atoms with van der Waals surface area (Å²) in [6.45, 7) is 2.70. The van der Waals surface area contributed by atoms with Crippen LogP contribution in [0, 0.1) is 0 Å². The minimum atomic E-state index is 0.208. The van der Waals surface area contributed by atoms with Gasteiger partial charge in [-0.3, -0.25) is 4.79 Å². The number of anilines is 3. The Morgan fingerprint density at radius 2 is 1.85 bits per heavy atom. The number of aromatic nitrogens is 5. The fourth-order valence-corrected chi connectivity index (χ4v) is 4.90. The Morgan fingerprint density at radius 3 is 2.67 bits per heavy atom. The van der Waals surface area contributed by atoms with Gasteiger partial charge < -0.3 is 24.8 Å². The smallest absolute Gasteiger partial charge is 0.232 e. The maximum absolute atomic E-state index is 12.1. The third kappa shape index (κ3) is 5.31. The summed E-state index contributed by atoms with van der Waals surface area (Å²) in [7, 11) is 1.67.